The van der Waals surface area contributed by atoms with Crippen LogP contribution in [0.1, 0.15) is 34.1 Å². The summed E-state index contributed by atoms with van der Waals surface area (Å²) < 4.78 is 15.1. The fourth-order valence-corrected chi connectivity index (χ4v) is 4.83. The number of pyridine rings is 1. The molecule has 0 bridgehead atoms. The summed E-state index contributed by atoms with van der Waals surface area (Å²) in [6, 6.07) is 15.4. The van der Waals surface area contributed by atoms with E-state index in [0.29, 0.717) is 17.8 Å². The number of halogens is 1. The normalized spacial score (nSPS) is 14.0. The van der Waals surface area contributed by atoms with Gasteiger partial charge < -0.3 is 15.1 Å². The number of hydrogen-bond acceptors (Lipinski definition) is 4. The van der Waals surface area contributed by atoms with Gasteiger partial charge in [-0.1, -0.05) is 31.2 Å². The van der Waals surface area contributed by atoms with Crippen molar-refractivity contribution in [2.75, 3.05) is 38.5 Å². The predicted octanol–water partition coefficient (Wildman–Crippen LogP) is 4.72. The minimum Gasteiger partial charge on any atom is -0.336 e. The number of carbonyl (C=O) groups is 2. The summed E-state index contributed by atoms with van der Waals surface area (Å²) in [6.07, 6.45) is 2.61. The SMILES string of the molecule is CCc1nc2c(C)cc(-c3ccc(C(=O)N4CCN(C)CC4)cc3)cn2c1NC(=O)NCc1ccc(F)cc1. The molecule has 202 valence electrons. The monoisotopic (exact) mass is 528 g/mol. The number of amides is 3. The number of piperazine rings is 1. The Morgan fingerprint density at radius 1 is 0.974 bits per heavy atom. The highest BCUT2D eigenvalue weighted by Crippen LogP contribution is 2.28. The van der Waals surface area contributed by atoms with Crippen molar-refractivity contribution in [3.05, 3.63) is 89.0 Å². The number of hydrogen-bond donors (Lipinski definition) is 2. The van der Waals surface area contributed by atoms with E-state index in [1.165, 1.54) is 12.1 Å². The number of fused-ring (bicyclic) bond motifs is 1. The van der Waals surface area contributed by atoms with Gasteiger partial charge in [-0.15, -0.1) is 0 Å². The number of likely N-dealkylation sites (N-methyl/N-ethyl adjacent to an activating group) is 1. The first kappa shape index (κ1) is 26.4. The molecule has 2 N–H and O–H groups in total. The van der Waals surface area contributed by atoms with Gasteiger partial charge in [-0.25, -0.2) is 14.2 Å². The number of rotatable bonds is 6. The fraction of sp³-hybridized carbons (Fsp3) is 0.300. The number of anilines is 1. The third kappa shape index (κ3) is 5.78. The maximum atomic E-state index is 13.2. The summed E-state index contributed by atoms with van der Waals surface area (Å²) in [5.41, 5.74) is 5.92. The van der Waals surface area contributed by atoms with Crippen molar-refractivity contribution in [1.29, 1.82) is 0 Å². The lowest BCUT2D eigenvalue weighted by atomic mass is 10.0. The van der Waals surface area contributed by atoms with Crippen LogP contribution in [0, 0.1) is 12.7 Å². The number of imidazole rings is 1. The largest absolute Gasteiger partial charge is 0.336 e. The molecule has 0 atom stereocenters. The van der Waals surface area contributed by atoms with Gasteiger partial charge in [0.1, 0.15) is 17.3 Å². The first-order valence-corrected chi connectivity index (χ1v) is 13.2. The van der Waals surface area contributed by atoms with Crippen LogP contribution in [0.5, 0.6) is 0 Å². The lowest BCUT2D eigenvalue weighted by Crippen LogP contribution is -2.47. The van der Waals surface area contributed by atoms with E-state index in [9.17, 15) is 14.0 Å². The highest BCUT2D eigenvalue weighted by Gasteiger charge is 2.21. The molecule has 1 saturated heterocycles. The first-order chi connectivity index (χ1) is 18.8. The Hall–Kier alpha value is -4.24. The summed E-state index contributed by atoms with van der Waals surface area (Å²) in [6.45, 7) is 7.50. The van der Waals surface area contributed by atoms with Gasteiger partial charge in [-0.05, 0) is 73.0 Å². The Bertz CT molecular complexity index is 1490. The Morgan fingerprint density at radius 3 is 2.33 bits per heavy atom. The van der Waals surface area contributed by atoms with Crippen LogP contribution in [0.25, 0.3) is 16.8 Å². The number of urea groups is 1. The maximum Gasteiger partial charge on any atom is 0.320 e. The van der Waals surface area contributed by atoms with Crippen LogP contribution in [0.15, 0.2) is 60.8 Å². The molecule has 4 aromatic rings. The van der Waals surface area contributed by atoms with Crippen molar-refractivity contribution in [3.63, 3.8) is 0 Å². The zero-order chi connectivity index (χ0) is 27.5. The molecule has 9 heteroatoms. The molecule has 2 aromatic carbocycles. The number of carbonyl (C=O) groups excluding carboxylic acids is 2. The molecule has 0 unspecified atom stereocenters. The van der Waals surface area contributed by atoms with Crippen LogP contribution < -0.4 is 10.6 Å². The Balaban J connectivity index is 1.36. The highest BCUT2D eigenvalue weighted by atomic mass is 19.1. The van der Waals surface area contributed by atoms with Crippen molar-refractivity contribution in [2.24, 2.45) is 0 Å². The number of benzene rings is 2. The average Bonchev–Trinajstić information content (AvgIpc) is 3.30. The van der Waals surface area contributed by atoms with E-state index in [1.54, 1.807) is 12.1 Å². The van der Waals surface area contributed by atoms with E-state index in [-0.39, 0.29) is 24.3 Å². The van der Waals surface area contributed by atoms with Crippen LogP contribution in [-0.4, -0.2) is 64.3 Å². The lowest BCUT2D eigenvalue weighted by molar-refractivity contribution is 0.0664. The van der Waals surface area contributed by atoms with Crippen molar-refractivity contribution in [3.8, 4) is 11.1 Å². The van der Waals surface area contributed by atoms with Crippen LogP contribution in [0.4, 0.5) is 15.0 Å². The third-order valence-electron chi connectivity index (χ3n) is 7.17. The quantitative estimate of drug-likeness (QED) is 0.380. The van der Waals surface area contributed by atoms with Gasteiger partial charge in [0.2, 0.25) is 0 Å². The first-order valence-electron chi connectivity index (χ1n) is 13.2. The number of nitrogens with one attached hydrogen (secondary N) is 2. The number of aromatic nitrogens is 2. The zero-order valence-electron chi connectivity index (χ0n) is 22.5. The van der Waals surface area contributed by atoms with E-state index < -0.39 is 0 Å². The van der Waals surface area contributed by atoms with E-state index in [4.69, 9.17) is 4.98 Å². The van der Waals surface area contributed by atoms with Crippen molar-refractivity contribution in [1.82, 2.24) is 24.5 Å². The van der Waals surface area contributed by atoms with Crippen molar-refractivity contribution >= 4 is 23.4 Å². The van der Waals surface area contributed by atoms with E-state index in [1.807, 2.05) is 53.6 Å². The second-order valence-electron chi connectivity index (χ2n) is 9.97. The lowest BCUT2D eigenvalue weighted by Gasteiger charge is -2.32. The van der Waals surface area contributed by atoms with E-state index in [2.05, 4.69) is 28.6 Å². The van der Waals surface area contributed by atoms with Gasteiger partial charge >= 0.3 is 6.03 Å². The number of nitrogens with zero attached hydrogens (tertiary/aromatic N) is 4. The highest BCUT2D eigenvalue weighted by molar-refractivity contribution is 5.95. The van der Waals surface area contributed by atoms with Crippen LogP contribution in [-0.2, 0) is 13.0 Å². The topological polar surface area (TPSA) is 82.0 Å². The molecule has 1 aliphatic heterocycles. The Kier molecular flexibility index (Phi) is 7.60. The zero-order valence-corrected chi connectivity index (χ0v) is 22.5. The molecule has 1 aliphatic rings. The molecule has 5 rings (SSSR count). The molecule has 2 aromatic heterocycles. The van der Waals surface area contributed by atoms with Gasteiger partial charge in [0.15, 0.2) is 0 Å². The minimum absolute atomic E-state index is 0.0571. The van der Waals surface area contributed by atoms with Gasteiger partial charge in [0.25, 0.3) is 5.91 Å². The smallest absolute Gasteiger partial charge is 0.320 e. The number of aryl methyl sites for hydroxylation is 2. The molecular weight excluding hydrogens is 495 g/mol. The molecule has 39 heavy (non-hydrogen) atoms. The maximum absolute atomic E-state index is 13.2. The molecule has 0 spiro atoms. The van der Waals surface area contributed by atoms with Crippen LogP contribution in [0.3, 0.4) is 0 Å². The van der Waals surface area contributed by atoms with E-state index >= 15 is 0 Å². The molecule has 3 amide bonds. The Labute approximate surface area is 227 Å². The van der Waals surface area contributed by atoms with Crippen LogP contribution in [0.2, 0.25) is 0 Å². The second kappa shape index (κ2) is 11.2. The van der Waals surface area contributed by atoms with Gasteiger partial charge in [0, 0.05) is 44.5 Å². The van der Waals surface area contributed by atoms with E-state index in [0.717, 1.165) is 59.8 Å². The third-order valence-corrected chi connectivity index (χ3v) is 7.17. The summed E-state index contributed by atoms with van der Waals surface area (Å²) in [5, 5.41) is 5.79. The summed E-state index contributed by atoms with van der Waals surface area (Å²) >= 11 is 0. The average molecular weight is 529 g/mol. The minimum atomic E-state index is -0.370. The van der Waals surface area contributed by atoms with Gasteiger partial charge in [-0.3, -0.25) is 14.5 Å². The summed E-state index contributed by atoms with van der Waals surface area (Å²) in [5.74, 6) is 0.349. The second-order valence-corrected chi connectivity index (χ2v) is 9.97. The fourth-order valence-electron chi connectivity index (χ4n) is 4.83. The molecule has 0 aliphatic carbocycles. The van der Waals surface area contributed by atoms with Crippen molar-refractivity contribution < 1.29 is 14.0 Å². The molecule has 0 saturated carbocycles. The molecular formula is C30H33FN6O2. The van der Waals surface area contributed by atoms with Crippen molar-refractivity contribution in [2.45, 2.75) is 26.8 Å². The standard InChI is InChI=1S/C30H33FN6O2/c1-4-26-28(34-30(39)32-18-21-5-11-25(31)12-6-21)37-19-24(17-20(2)27(37)33-26)22-7-9-23(10-8-22)29(38)36-15-13-35(3)14-16-36/h5-12,17,19H,4,13-16,18H2,1-3H3,(H2,32,34,39). The van der Waals surface area contributed by atoms with Gasteiger partial charge in [0.05, 0.1) is 5.69 Å². The summed E-state index contributed by atoms with van der Waals surface area (Å²) in [7, 11) is 2.07. The summed E-state index contributed by atoms with van der Waals surface area (Å²) in [4.78, 5) is 34.6. The molecule has 3 heterocycles. The molecule has 1 fully saturated rings. The Morgan fingerprint density at radius 2 is 1.67 bits per heavy atom. The predicted molar refractivity (Wildman–Crippen MR) is 150 cm³/mol. The molecule has 0 radical (unpaired) electrons. The van der Waals surface area contributed by atoms with Gasteiger partial charge in [-0.2, -0.15) is 0 Å². The molecule has 8 nitrogen and oxygen atoms in total. The van der Waals surface area contributed by atoms with Crippen LogP contribution >= 0.6 is 0 Å².